The molecule has 0 bridgehead atoms. The van der Waals surface area contributed by atoms with E-state index >= 15 is 0 Å². The highest BCUT2D eigenvalue weighted by molar-refractivity contribution is 5.96. The van der Waals surface area contributed by atoms with Crippen molar-refractivity contribution in [2.24, 2.45) is 0 Å². The first-order valence-corrected chi connectivity index (χ1v) is 21.6. The van der Waals surface area contributed by atoms with Gasteiger partial charge in [0.1, 0.15) is 36.2 Å². The number of anilines is 2. The molecule has 5 aliphatic rings. The highest BCUT2D eigenvalue weighted by Gasteiger charge is 2.57. The Balaban J connectivity index is 0.000000189. The predicted octanol–water partition coefficient (Wildman–Crippen LogP) is 7.92. The molecular weight excluding hydrogens is 793 g/mol. The van der Waals surface area contributed by atoms with E-state index in [2.05, 4.69) is 121 Å². The summed E-state index contributed by atoms with van der Waals surface area (Å²) >= 11 is 0. The van der Waals surface area contributed by atoms with Gasteiger partial charge in [0.05, 0.1) is 36.3 Å². The normalized spacial score (nSPS) is 27.3. The number of urea groups is 2. The Morgan fingerprint density at radius 1 is 0.651 bits per heavy atom. The zero-order chi connectivity index (χ0) is 43.8. The van der Waals surface area contributed by atoms with Gasteiger partial charge in [-0.1, -0.05) is 68.1 Å². The number of aromatic nitrogens is 4. The Morgan fingerprint density at radius 3 is 1.51 bits per heavy atom. The fourth-order valence-electron chi connectivity index (χ4n) is 10.7. The molecule has 3 saturated carbocycles. The topological polar surface area (TPSA) is 143 Å². The van der Waals surface area contributed by atoms with Crippen LogP contribution in [0.2, 0.25) is 0 Å². The van der Waals surface area contributed by atoms with E-state index < -0.39 is 5.60 Å². The molecule has 9 rings (SSSR count). The summed E-state index contributed by atoms with van der Waals surface area (Å²) in [6, 6.07) is 21.1. The van der Waals surface area contributed by atoms with E-state index in [9.17, 15) is 14.7 Å². The minimum absolute atomic E-state index is 0. The van der Waals surface area contributed by atoms with Crippen molar-refractivity contribution in [2.45, 2.75) is 106 Å². The Kier molecular flexibility index (Phi) is 12.6. The molecule has 4 aromatic rings. The first-order valence-electron chi connectivity index (χ1n) is 21.6. The summed E-state index contributed by atoms with van der Waals surface area (Å²) in [5.41, 5.74) is 2.41. The Bertz CT molecular complexity index is 2310. The molecule has 3 aliphatic carbocycles. The van der Waals surface area contributed by atoms with Crippen molar-refractivity contribution in [2.75, 3.05) is 57.6 Å². The van der Waals surface area contributed by atoms with Gasteiger partial charge in [0, 0.05) is 11.1 Å². The van der Waals surface area contributed by atoms with Gasteiger partial charge < -0.3 is 25.0 Å². The molecular formula is C48H60N12O3. The third-order valence-corrected chi connectivity index (χ3v) is 14.8. The van der Waals surface area contributed by atoms with Crippen LogP contribution < -0.4 is 15.1 Å². The molecule has 330 valence electrons. The molecule has 15 nitrogen and oxygen atoms in total. The van der Waals surface area contributed by atoms with E-state index in [0.717, 1.165) is 70.6 Å². The number of hydrogen-bond donors (Lipinski definition) is 2. The van der Waals surface area contributed by atoms with Gasteiger partial charge in [-0.25, -0.2) is 9.59 Å². The fraction of sp³-hybridized carbons (Fsp3) is 0.500. The van der Waals surface area contributed by atoms with Gasteiger partial charge >= 0.3 is 24.0 Å². The van der Waals surface area contributed by atoms with Gasteiger partial charge in [-0.2, -0.15) is 19.9 Å². The van der Waals surface area contributed by atoms with Crippen molar-refractivity contribution < 1.29 is 14.7 Å². The van der Waals surface area contributed by atoms with Gasteiger partial charge in [-0.05, 0) is 110 Å². The summed E-state index contributed by atoms with van der Waals surface area (Å²) in [5.74, 6) is 0.163. The molecule has 5 fully saturated rings. The molecule has 63 heavy (non-hydrogen) atoms. The number of rotatable bonds is 8. The number of β-amino-alcohol motifs (C(OH)–C–C–N with tert-alkyl or cyclic N) is 1. The second-order valence-electron chi connectivity index (χ2n) is 18.3. The molecule has 2 saturated heterocycles. The van der Waals surface area contributed by atoms with Gasteiger partial charge in [-0.3, -0.25) is 19.6 Å². The average molecular weight is 853 g/mol. The molecule has 2 spiro atoms. The van der Waals surface area contributed by atoms with E-state index in [1.807, 2.05) is 17.0 Å². The summed E-state index contributed by atoms with van der Waals surface area (Å²) in [6.07, 6.45) is 16.0. The minimum atomic E-state index is -0.793. The summed E-state index contributed by atoms with van der Waals surface area (Å²) in [4.78, 5) is 59.1. The van der Waals surface area contributed by atoms with E-state index in [0.29, 0.717) is 31.0 Å². The largest absolute Gasteiger partial charge is 0.394 e. The van der Waals surface area contributed by atoms with Crippen LogP contribution in [0, 0.1) is 13.1 Å². The van der Waals surface area contributed by atoms with Crippen LogP contribution in [0.4, 0.5) is 32.9 Å². The van der Waals surface area contributed by atoms with Gasteiger partial charge in [-0.15, -0.1) is 13.1 Å². The van der Waals surface area contributed by atoms with Gasteiger partial charge in [0.25, 0.3) is 0 Å². The van der Waals surface area contributed by atoms with Gasteiger partial charge in [0.15, 0.2) is 0 Å². The van der Waals surface area contributed by atoms with Crippen LogP contribution in [-0.4, -0.2) is 116 Å². The third kappa shape index (κ3) is 8.33. The summed E-state index contributed by atoms with van der Waals surface area (Å²) < 4.78 is 0. The van der Waals surface area contributed by atoms with Crippen molar-refractivity contribution in [3.8, 4) is 0 Å². The van der Waals surface area contributed by atoms with Crippen LogP contribution >= 0.6 is 0 Å². The number of aliphatic hydroxyl groups is 1. The highest BCUT2D eigenvalue weighted by atomic mass is 16.3. The zero-order valence-electron chi connectivity index (χ0n) is 36.2. The maximum absolute atomic E-state index is 13.7. The van der Waals surface area contributed by atoms with Crippen molar-refractivity contribution in [3.63, 3.8) is 0 Å². The molecule has 15 heteroatoms. The maximum atomic E-state index is 13.7. The number of hydrogen-bond acceptors (Lipinski definition) is 9. The predicted molar refractivity (Wildman–Crippen MR) is 243 cm³/mol. The molecule has 2 aromatic carbocycles. The summed E-state index contributed by atoms with van der Waals surface area (Å²) in [6.45, 7) is 15.6. The summed E-state index contributed by atoms with van der Waals surface area (Å²) in [5, 5.41) is 14.2. The van der Waals surface area contributed by atoms with E-state index in [1.165, 1.54) is 11.1 Å². The summed E-state index contributed by atoms with van der Waals surface area (Å²) in [7, 11) is 8.56. The van der Waals surface area contributed by atoms with E-state index in [1.54, 1.807) is 34.6 Å². The Hall–Kier alpha value is -6.00. The van der Waals surface area contributed by atoms with Crippen LogP contribution in [0.3, 0.4) is 0 Å². The van der Waals surface area contributed by atoms with Crippen LogP contribution in [0.15, 0.2) is 85.5 Å². The fourth-order valence-corrected chi connectivity index (χ4v) is 10.7. The first-order chi connectivity index (χ1) is 29.8. The quantitative estimate of drug-likeness (QED) is 0.169. The van der Waals surface area contributed by atoms with Crippen molar-refractivity contribution >= 4 is 35.3 Å². The molecule has 2 aliphatic heterocycles. The average Bonchev–Trinajstić information content (AvgIpc) is 3.75. The van der Waals surface area contributed by atoms with Crippen molar-refractivity contribution in [1.82, 2.24) is 40.0 Å². The first kappa shape index (κ1) is 45.0. The maximum Gasteiger partial charge on any atom is 0.371 e. The lowest BCUT2D eigenvalue weighted by Gasteiger charge is -2.52. The molecule has 0 radical (unpaired) electrons. The standard InChI is InChI=1S/C26H32N6O2.C21H24N6O.CH4/c1-27-22-28-16-21(17-29-22)31-18-24(32(23(31)33)19-25(34)10-7-11-25)12-14-26(15-13-24,30(2)3)20-8-5-4-6-9-20;1-22-18-23-13-17(14-24-18)27-15-20(25-19(27)28)9-11-21(12-10-20,26(2)3)16-7-5-4-6-8-16;/h4-6,8-9,16-17,34H,7,10-15,18-19H2,2-3H3;4-8,13-14H,9-12,15H2,2-3H3,(H,25,28);1H4. The molecule has 2 N–H and O–H groups in total. The number of carbonyl (C=O) groups excluding carboxylic acids is 2. The second kappa shape index (κ2) is 17.6. The Morgan fingerprint density at radius 2 is 1.10 bits per heavy atom. The highest BCUT2D eigenvalue weighted by Crippen LogP contribution is 2.51. The number of benzene rings is 2. The number of nitrogens with zero attached hydrogens (tertiary/aromatic N) is 11. The molecule has 0 atom stereocenters. The van der Waals surface area contributed by atoms with Crippen LogP contribution in [0.1, 0.15) is 89.2 Å². The molecule has 0 unspecified atom stereocenters. The second-order valence-corrected chi connectivity index (χ2v) is 18.3. The lowest BCUT2D eigenvalue weighted by atomic mass is 9.67. The van der Waals surface area contributed by atoms with Crippen LogP contribution in [0.5, 0.6) is 0 Å². The van der Waals surface area contributed by atoms with E-state index in [4.69, 9.17) is 13.1 Å². The minimum Gasteiger partial charge on any atom is -0.394 e. The number of amides is 4. The van der Waals surface area contributed by atoms with Crippen LogP contribution in [-0.2, 0) is 11.1 Å². The Labute approximate surface area is 371 Å². The van der Waals surface area contributed by atoms with Crippen molar-refractivity contribution in [3.05, 3.63) is 119 Å². The molecule has 4 heterocycles. The van der Waals surface area contributed by atoms with Crippen LogP contribution in [0.25, 0.3) is 9.69 Å². The van der Waals surface area contributed by atoms with Crippen molar-refractivity contribution in [1.29, 1.82) is 0 Å². The molecule has 2 aromatic heterocycles. The third-order valence-electron chi connectivity index (χ3n) is 14.8. The van der Waals surface area contributed by atoms with Gasteiger partial charge in [0.2, 0.25) is 0 Å². The molecule has 4 amide bonds. The number of nitrogens with one attached hydrogen (secondary N) is 1. The smallest absolute Gasteiger partial charge is 0.371 e. The zero-order valence-corrected chi connectivity index (χ0v) is 36.2. The lowest BCUT2D eigenvalue weighted by molar-refractivity contribution is -0.0725. The van der Waals surface area contributed by atoms with E-state index in [-0.39, 0.29) is 53.5 Å². The number of carbonyl (C=O) groups is 2. The SMILES string of the molecule is C.[C-]#[N+]c1ncc(N2CC3(CCC(c4ccccc4)(N(C)C)CC3)N(CC3(O)CCC3)C2=O)cn1.[C-]#[N+]c1ncc(N2CC3(CCC(c4ccccc4)(N(C)C)CC3)NC2=O)cn1. The monoisotopic (exact) mass is 852 g/mol. The lowest BCUT2D eigenvalue weighted by Crippen LogP contribution is -2.59.